The molecule has 0 bridgehead atoms. The lowest BCUT2D eigenvalue weighted by molar-refractivity contribution is 0.151. The van der Waals surface area contributed by atoms with Crippen molar-refractivity contribution in [2.45, 2.75) is 39.3 Å². The average molecular weight is 359 g/mol. The van der Waals surface area contributed by atoms with Crippen LogP contribution in [0.3, 0.4) is 0 Å². The molecule has 2 aromatic carbocycles. The highest BCUT2D eigenvalue weighted by Gasteiger charge is 2.17. The van der Waals surface area contributed by atoms with Crippen LogP contribution >= 0.6 is 11.6 Å². The Labute approximate surface area is 153 Å². The number of aryl methyl sites for hydroxylation is 1. The zero-order valence-electron chi connectivity index (χ0n) is 14.6. The van der Waals surface area contributed by atoms with Crippen LogP contribution in [0.1, 0.15) is 37.3 Å². The summed E-state index contributed by atoms with van der Waals surface area (Å²) in [5.74, 6) is 1.50. The maximum absolute atomic E-state index is 10.4. The average Bonchev–Trinajstić information content (AvgIpc) is 2.97. The van der Waals surface area contributed by atoms with Crippen LogP contribution in [0.5, 0.6) is 5.75 Å². The summed E-state index contributed by atoms with van der Waals surface area (Å²) in [5.41, 5.74) is 2.91. The molecule has 0 aliphatic carbocycles. The first-order valence-corrected chi connectivity index (χ1v) is 9.00. The number of aliphatic hydroxyl groups excluding tert-OH is 1. The number of imidazole rings is 1. The second-order valence-corrected chi connectivity index (χ2v) is 6.58. The van der Waals surface area contributed by atoms with Crippen LogP contribution in [0.15, 0.2) is 42.5 Å². The highest BCUT2D eigenvalue weighted by Crippen LogP contribution is 2.24. The summed E-state index contributed by atoms with van der Waals surface area (Å²) in [6.45, 7) is 5.13. The number of aliphatic hydroxyl groups is 1. The molecule has 0 unspecified atom stereocenters. The molecular formula is C20H23ClN2O2. The van der Waals surface area contributed by atoms with Gasteiger partial charge in [0.25, 0.3) is 0 Å². The molecule has 0 saturated heterocycles. The van der Waals surface area contributed by atoms with Gasteiger partial charge in [-0.1, -0.05) is 37.1 Å². The number of hydrogen-bond donors (Lipinski definition) is 1. The van der Waals surface area contributed by atoms with E-state index in [1.54, 1.807) is 0 Å². The molecule has 1 heterocycles. The van der Waals surface area contributed by atoms with E-state index >= 15 is 0 Å². The summed E-state index contributed by atoms with van der Waals surface area (Å²) < 4.78 is 7.92. The third-order valence-electron chi connectivity index (χ3n) is 4.26. The molecule has 4 nitrogen and oxygen atoms in total. The standard InChI is InChI=1S/C20H23ClN2O2/c1-3-6-19(24)20-22-17-7-4-5-8-18(17)23(20)11-12-25-15-9-10-16(21)14(2)13-15/h4-5,7-10,13,19,24H,3,6,11-12H2,1-2H3/t19-/m1/s1. The van der Waals surface area contributed by atoms with Crippen molar-refractivity contribution in [3.63, 3.8) is 0 Å². The highest BCUT2D eigenvalue weighted by molar-refractivity contribution is 6.31. The topological polar surface area (TPSA) is 47.3 Å². The fourth-order valence-electron chi connectivity index (χ4n) is 2.95. The normalized spacial score (nSPS) is 12.5. The summed E-state index contributed by atoms with van der Waals surface area (Å²) in [5, 5.41) is 11.2. The lowest BCUT2D eigenvalue weighted by atomic mass is 10.2. The number of rotatable bonds is 7. The smallest absolute Gasteiger partial charge is 0.138 e. The minimum absolute atomic E-state index is 0.493. The van der Waals surface area contributed by atoms with E-state index < -0.39 is 6.10 Å². The predicted octanol–water partition coefficient (Wildman–Crippen LogP) is 4.91. The molecule has 0 amide bonds. The van der Waals surface area contributed by atoms with Gasteiger partial charge in [-0.25, -0.2) is 4.98 Å². The number of hydrogen-bond acceptors (Lipinski definition) is 3. The van der Waals surface area contributed by atoms with Crippen LogP contribution in [0.4, 0.5) is 0 Å². The van der Waals surface area contributed by atoms with Gasteiger partial charge in [0, 0.05) is 5.02 Å². The van der Waals surface area contributed by atoms with Crippen LogP contribution in [0.25, 0.3) is 11.0 Å². The van der Waals surface area contributed by atoms with Crippen molar-refractivity contribution >= 4 is 22.6 Å². The first-order chi connectivity index (χ1) is 12.1. The van der Waals surface area contributed by atoms with Gasteiger partial charge in [-0.3, -0.25) is 0 Å². The van der Waals surface area contributed by atoms with E-state index in [1.807, 2.05) is 49.4 Å². The highest BCUT2D eigenvalue weighted by atomic mass is 35.5. The summed E-state index contributed by atoms with van der Waals surface area (Å²) in [7, 11) is 0. The minimum atomic E-state index is -0.560. The third-order valence-corrected chi connectivity index (χ3v) is 4.68. The van der Waals surface area contributed by atoms with Gasteiger partial charge >= 0.3 is 0 Å². The Hall–Kier alpha value is -2.04. The van der Waals surface area contributed by atoms with Crippen molar-refractivity contribution < 1.29 is 9.84 Å². The molecule has 25 heavy (non-hydrogen) atoms. The zero-order valence-corrected chi connectivity index (χ0v) is 15.3. The van der Waals surface area contributed by atoms with E-state index in [0.717, 1.165) is 33.8 Å². The van der Waals surface area contributed by atoms with E-state index in [4.69, 9.17) is 16.3 Å². The van der Waals surface area contributed by atoms with Crippen LogP contribution in [-0.2, 0) is 6.54 Å². The van der Waals surface area contributed by atoms with Gasteiger partial charge in [0.2, 0.25) is 0 Å². The summed E-state index contributed by atoms with van der Waals surface area (Å²) in [4.78, 5) is 4.62. The lowest BCUT2D eigenvalue weighted by Crippen LogP contribution is -2.14. The van der Waals surface area contributed by atoms with Crippen molar-refractivity contribution in [3.8, 4) is 5.75 Å². The van der Waals surface area contributed by atoms with Crippen LogP contribution in [0.2, 0.25) is 5.02 Å². The molecule has 132 valence electrons. The molecule has 1 N–H and O–H groups in total. The molecule has 1 aromatic heterocycles. The Bertz CT molecular complexity index is 860. The molecule has 0 aliphatic rings. The summed E-state index contributed by atoms with van der Waals surface area (Å²) in [6.07, 6.45) is 1.04. The van der Waals surface area contributed by atoms with Crippen LogP contribution in [0, 0.1) is 6.92 Å². The Morgan fingerprint density at radius 3 is 2.80 bits per heavy atom. The molecule has 0 saturated carbocycles. The van der Waals surface area contributed by atoms with E-state index in [2.05, 4.69) is 16.5 Å². The lowest BCUT2D eigenvalue weighted by Gasteiger charge is -2.14. The Balaban J connectivity index is 1.79. The molecule has 3 rings (SSSR count). The third kappa shape index (κ3) is 3.97. The molecule has 5 heteroatoms. The van der Waals surface area contributed by atoms with Gasteiger partial charge in [-0.05, 0) is 49.2 Å². The SMILES string of the molecule is CCC[C@@H](O)c1nc2ccccc2n1CCOc1ccc(Cl)c(C)c1. The van der Waals surface area contributed by atoms with Crippen LogP contribution < -0.4 is 4.74 Å². The molecule has 0 radical (unpaired) electrons. The summed E-state index contributed by atoms with van der Waals surface area (Å²) >= 11 is 6.05. The van der Waals surface area contributed by atoms with Crippen molar-refractivity contribution in [1.29, 1.82) is 0 Å². The van der Waals surface area contributed by atoms with Crippen molar-refractivity contribution in [3.05, 3.63) is 58.9 Å². The van der Waals surface area contributed by atoms with Gasteiger partial charge in [0.05, 0.1) is 17.6 Å². The number of aromatic nitrogens is 2. The van der Waals surface area contributed by atoms with Gasteiger partial charge in [0.1, 0.15) is 24.3 Å². The number of fused-ring (bicyclic) bond motifs is 1. The fourth-order valence-corrected chi connectivity index (χ4v) is 3.07. The Kier molecular flexibility index (Phi) is 5.61. The zero-order chi connectivity index (χ0) is 17.8. The minimum Gasteiger partial charge on any atom is -0.492 e. The first-order valence-electron chi connectivity index (χ1n) is 8.62. The quantitative estimate of drug-likeness (QED) is 0.652. The first kappa shape index (κ1) is 17.8. The van der Waals surface area contributed by atoms with Gasteiger partial charge < -0.3 is 14.4 Å². The van der Waals surface area contributed by atoms with E-state index in [0.29, 0.717) is 25.4 Å². The van der Waals surface area contributed by atoms with E-state index in [1.165, 1.54) is 0 Å². The monoisotopic (exact) mass is 358 g/mol. The molecule has 3 aromatic rings. The second-order valence-electron chi connectivity index (χ2n) is 6.17. The van der Waals surface area contributed by atoms with Crippen LogP contribution in [-0.4, -0.2) is 21.3 Å². The van der Waals surface area contributed by atoms with Gasteiger partial charge in [0.15, 0.2) is 0 Å². The van der Waals surface area contributed by atoms with E-state index in [-0.39, 0.29) is 0 Å². The largest absolute Gasteiger partial charge is 0.492 e. The summed E-state index contributed by atoms with van der Waals surface area (Å²) in [6, 6.07) is 13.6. The predicted molar refractivity (Wildman–Crippen MR) is 101 cm³/mol. The number of benzene rings is 2. The number of ether oxygens (including phenoxy) is 1. The van der Waals surface area contributed by atoms with E-state index in [9.17, 15) is 5.11 Å². The van der Waals surface area contributed by atoms with Crippen molar-refractivity contribution in [2.24, 2.45) is 0 Å². The van der Waals surface area contributed by atoms with Crippen molar-refractivity contribution in [2.75, 3.05) is 6.61 Å². The maximum Gasteiger partial charge on any atom is 0.138 e. The number of nitrogens with zero attached hydrogens (tertiary/aromatic N) is 2. The maximum atomic E-state index is 10.4. The Morgan fingerprint density at radius 2 is 2.04 bits per heavy atom. The van der Waals surface area contributed by atoms with Crippen molar-refractivity contribution in [1.82, 2.24) is 9.55 Å². The number of para-hydroxylation sites is 2. The molecule has 0 aliphatic heterocycles. The molecular weight excluding hydrogens is 336 g/mol. The molecule has 1 atom stereocenters. The molecule has 0 fully saturated rings. The molecule has 0 spiro atoms. The Morgan fingerprint density at radius 1 is 1.24 bits per heavy atom. The second kappa shape index (κ2) is 7.89. The fraction of sp³-hybridized carbons (Fsp3) is 0.350. The van der Waals surface area contributed by atoms with Gasteiger partial charge in [-0.15, -0.1) is 0 Å². The number of halogens is 1. The van der Waals surface area contributed by atoms with Gasteiger partial charge in [-0.2, -0.15) is 0 Å².